The van der Waals surface area contributed by atoms with E-state index in [1.807, 2.05) is 30.3 Å². The summed E-state index contributed by atoms with van der Waals surface area (Å²) in [7, 11) is 1.54. The number of aromatic nitrogens is 1. The van der Waals surface area contributed by atoms with Crippen LogP contribution in [0, 0.1) is 22.7 Å². The topological polar surface area (TPSA) is 145 Å². The molecule has 0 saturated carbocycles. The number of carboxylic acids is 1. The van der Waals surface area contributed by atoms with Crippen molar-refractivity contribution in [2.75, 3.05) is 13.7 Å². The molecule has 0 radical (unpaired) electrons. The van der Waals surface area contributed by atoms with Crippen molar-refractivity contribution in [3.63, 3.8) is 0 Å². The summed E-state index contributed by atoms with van der Waals surface area (Å²) in [6.07, 6.45) is 1.49. The van der Waals surface area contributed by atoms with Gasteiger partial charge < -0.3 is 19.9 Å². The fourth-order valence-corrected chi connectivity index (χ4v) is 3.66. The SMILES string of the molecule is COc1ccccc1CNC(=O)c1cc(-c2cnc(C#N)cc2C#N)c(Cl)cc1OCCCC(=O)O. The molecule has 1 amide bonds. The molecule has 3 aromatic rings. The van der Waals surface area contributed by atoms with Gasteiger partial charge in [-0.25, -0.2) is 4.98 Å². The monoisotopic (exact) mass is 504 g/mol. The summed E-state index contributed by atoms with van der Waals surface area (Å²) < 4.78 is 11.0. The van der Waals surface area contributed by atoms with Crippen LogP contribution in [0.5, 0.6) is 11.5 Å². The summed E-state index contributed by atoms with van der Waals surface area (Å²) in [5, 5.41) is 30.5. The Kier molecular flexibility index (Phi) is 8.82. The first-order valence-corrected chi connectivity index (χ1v) is 11.1. The summed E-state index contributed by atoms with van der Waals surface area (Å²) in [6, 6.07) is 15.4. The summed E-state index contributed by atoms with van der Waals surface area (Å²) in [6.45, 7) is 0.220. The second kappa shape index (κ2) is 12.2. The lowest BCUT2D eigenvalue weighted by Crippen LogP contribution is -2.24. The van der Waals surface area contributed by atoms with Crippen LogP contribution in [0.15, 0.2) is 48.7 Å². The molecule has 0 aliphatic carbocycles. The second-order valence-corrected chi connectivity index (χ2v) is 7.91. The molecule has 36 heavy (non-hydrogen) atoms. The normalized spacial score (nSPS) is 10.1. The van der Waals surface area contributed by atoms with E-state index in [-0.39, 0.29) is 53.6 Å². The van der Waals surface area contributed by atoms with Gasteiger partial charge in [0.05, 0.1) is 35.9 Å². The molecule has 1 heterocycles. The number of rotatable bonds is 10. The van der Waals surface area contributed by atoms with Gasteiger partial charge in [-0.15, -0.1) is 0 Å². The number of benzene rings is 2. The van der Waals surface area contributed by atoms with Gasteiger partial charge in [0.1, 0.15) is 23.3 Å². The highest BCUT2D eigenvalue weighted by atomic mass is 35.5. The molecule has 0 aliphatic heterocycles. The average molecular weight is 505 g/mol. The highest BCUT2D eigenvalue weighted by molar-refractivity contribution is 6.33. The molecule has 2 aromatic carbocycles. The van der Waals surface area contributed by atoms with Crippen LogP contribution in [0.25, 0.3) is 11.1 Å². The van der Waals surface area contributed by atoms with E-state index >= 15 is 0 Å². The van der Waals surface area contributed by atoms with Crippen molar-refractivity contribution in [1.82, 2.24) is 10.3 Å². The lowest BCUT2D eigenvalue weighted by molar-refractivity contribution is -0.137. The zero-order valence-corrected chi connectivity index (χ0v) is 20.0. The van der Waals surface area contributed by atoms with Crippen LogP contribution in [-0.2, 0) is 11.3 Å². The number of carbonyl (C=O) groups excluding carboxylic acids is 1. The molecule has 10 heteroatoms. The number of hydrogen-bond donors (Lipinski definition) is 2. The maximum atomic E-state index is 13.2. The van der Waals surface area contributed by atoms with Gasteiger partial charge in [0.2, 0.25) is 0 Å². The maximum Gasteiger partial charge on any atom is 0.303 e. The number of ether oxygens (including phenoxy) is 2. The third-order valence-corrected chi connectivity index (χ3v) is 5.48. The Morgan fingerprint density at radius 3 is 2.58 bits per heavy atom. The van der Waals surface area contributed by atoms with Crippen molar-refractivity contribution in [2.45, 2.75) is 19.4 Å². The molecule has 0 spiro atoms. The molecular weight excluding hydrogens is 484 g/mol. The smallest absolute Gasteiger partial charge is 0.303 e. The first-order valence-electron chi connectivity index (χ1n) is 10.8. The summed E-state index contributed by atoms with van der Waals surface area (Å²) >= 11 is 6.49. The quantitative estimate of drug-likeness (QED) is 0.388. The fourth-order valence-electron chi connectivity index (χ4n) is 3.41. The van der Waals surface area contributed by atoms with E-state index in [0.29, 0.717) is 16.9 Å². The Labute approximate surface area is 212 Å². The van der Waals surface area contributed by atoms with E-state index < -0.39 is 11.9 Å². The molecule has 3 rings (SSSR count). The van der Waals surface area contributed by atoms with Gasteiger partial charge in [-0.2, -0.15) is 10.5 Å². The Bertz CT molecular complexity index is 1380. The highest BCUT2D eigenvalue weighted by Gasteiger charge is 2.20. The number of halogens is 1. The van der Waals surface area contributed by atoms with Crippen molar-refractivity contribution >= 4 is 23.5 Å². The van der Waals surface area contributed by atoms with Crippen LogP contribution >= 0.6 is 11.6 Å². The zero-order valence-electron chi connectivity index (χ0n) is 19.2. The van der Waals surface area contributed by atoms with Crippen LogP contribution in [0.4, 0.5) is 0 Å². The minimum atomic E-state index is -0.959. The van der Waals surface area contributed by atoms with Crippen molar-refractivity contribution < 1.29 is 24.2 Å². The van der Waals surface area contributed by atoms with E-state index in [1.54, 1.807) is 6.07 Å². The van der Waals surface area contributed by atoms with Gasteiger partial charge in [-0.1, -0.05) is 29.8 Å². The number of nitrogens with one attached hydrogen (secondary N) is 1. The molecular formula is C26H21ClN4O5. The van der Waals surface area contributed by atoms with E-state index in [9.17, 15) is 14.9 Å². The Balaban J connectivity index is 1.98. The predicted molar refractivity (Wildman–Crippen MR) is 131 cm³/mol. The number of pyridine rings is 1. The number of hydrogen-bond acceptors (Lipinski definition) is 7. The molecule has 0 bridgehead atoms. The minimum absolute atomic E-state index is 0.0522. The number of para-hydroxylation sites is 1. The van der Waals surface area contributed by atoms with Crippen LogP contribution < -0.4 is 14.8 Å². The molecule has 1 aromatic heterocycles. The van der Waals surface area contributed by atoms with Crippen molar-refractivity contribution in [3.05, 3.63) is 76.1 Å². The molecule has 9 nitrogen and oxygen atoms in total. The first-order chi connectivity index (χ1) is 17.4. The van der Waals surface area contributed by atoms with Gasteiger partial charge in [-0.05, 0) is 24.6 Å². The number of amides is 1. The van der Waals surface area contributed by atoms with Gasteiger partial charge in [-0.3, -0.25) is 9.59 Å². The molecule has 0 unspecified atom stereocenters. The summed E-state index contributed by atoms with van der Waals surface area (Å²) in [5.74, 6) is -0.667. The molecule has 0 saturated heterocycles. The Hall–Kier alpha value is -4.60. The summed E-state index contributed by atoms with van der Waals surface area (Å²) in [4.78, 5) is 28.1. The number of carboxylic acid groups (broad SMARTS) is 1. The fraction of sp³-hybridized carbons (Fsp3) is 0.192. The maximum absolute atomic E-state index is 13.2. The van der Waals surface area contributed by atoms with E-state index in [2.05, 4.69) is 10.3 Å². The molecule has 182 valence electrons. The van der Waals surface area contributed by atoms with E-state index in [0.717, 1.165) is 5.56 Å². The van der Waals surface area contributed by atoms with Crippen LogP contribution in [0.2, 0.25) is 5.02 Å². The average Bonchev–Trinajstić information content (AvgIpc) is 2.89. The van der Waals surface area contributed by atoms with Crippen molar-refractivity contribution in [1.29, 1.82) is 10.5 Å². The van der Waals surface area contributed by atoms with Gasteiger partial charge in [0.15, 0.2) is 0 Å². The van der Waals surface area contributed by atoms with Crippen molar-refractivity contribution in [3.8, 4) is 34.8 Å². The number of aliphatic carboxylic acids is 1. The summed E-state index contributed by atoms with van der Waals surface area (Å²) in [5.41, 5.74) is 1.82. The van der Waals surface area contributed by atoms with Crippen molar-refractivity contribution in [2.24, 2.45) is 0 Å². The predicted octanol–water partition coefficient (Wildman–Crippen LogP) is 4.33. The molecule has 0 fully saturated rings. The largest absolute Gasteiger partial charge is 0.496 e. The van der Waals surface area contributed by atoms with Gasteiger partial charge in [0, 0.05) is 41.9 Å². The standard InChI is InChI=1S/C26H21ClN4O5/c1-35-23-6-3-2-5-16(23)14-31-26(34)20-10-19(21-15-30-18(13-29)9-17(21)12-28)22(27)11-24(20)36-8-4-7-25(32)33/h2-3,5-6,9-11,15H,4,7-8,14H2,1H3,(H,31,34)(H,32,33). The van der Waals surface area contributed by atoms with Crippen LogP contribution in [0.1, 0.15) is 40.0 Å². The number of methoxy groups -OCH3 is 1. The van der Waals surface area contributed by atoms with Gasteiger partial charge >= 0.3 is 5.97 Å². The second-order valence-electron chi connectivity index (χ2n) is 7.51. The van der Waals surface area contributed by atoms with E-state index in [1.165, 1.54) is 31.5 Å². The van der Waals surface area contributed by atoms with E-state index in [4.69, 9.17) is 31.4 Å². The Morgan fingerprint density at radius 2 is 1.89 bits per heavy atom. The highest BCUT2D eigenvalue weighted by Crippen LogP contribution is 2.36. The minimum Gasteiger partial charge on any atom is -0.496 e. The number of carbonyl (C=O) groups is 2. The third-order valence-electron chi connectivity index (χ3n) is 5.17. The number of nitriles is 2. The lowest BCUT2D eigenvalue weighted by Gasteiger charge is -2.16. The van der Waals surface area contributed by atoms with Crippen LogP contribution in [-0.4, -0.2) is 35.7 Å². The Morgan fingerprint density at radius 1 is 1.11 bits per heavy atom. The molecule has 2 N–H and O–H groups in total. The lowest BCUT2D eigenvalue weighted by atomic mass is 9.99. The van der Waals surface area contributed by atoms with Crippen LogP contribution in [0.3, 0.4) is 0 Å². The molecule has 0 aliphatic rings. The molecule has 0 atom stereocenters. The van der Waals surface area contributed by atoms with Gasteiger partial charge in [0.25, 0.3) is 5.91 Å². The first kappa shape index (κ1) is 26.0. The zero-order chi connectivity index (χ0) is 26.1. The third kappa shape index (κ3) is 6.29. The number of nitrogens with zero attached hydrogens (tertiary/aromatic N) is 3.